The second-order valence-electron chi connectivity index (χ2n) is 3.09. The molecule has 0 amide bonds. The maximum absolute atomic E-state index is 5.89. The van der Waals surface area contributed by atoms with E-state index in [-0.39, 0.29) is 0 Å². The molecule has 0 aliphatic carbocycles. The summed E-state index contributed by atoms with van der Waals surface area (Å²) in [4.78, 5) is 3.15. The minimum absolute atomic E-state index is 0.495. The Hall–Kier alpha value is -1.25. The molecule has 0 fully saturated rings. The van der Waals surface area contributed by atoms with Crippen LogP contribution in [0.15, 0.2) is 36.5 Å². The third kappa shape index (κ3) is 1.67. The van der Waals surface area contributed by atoms with Crippen molar-refractivity contribution in [1.82, 2.24) is 4.98 Å². The summed E-state index contributed by atoms with van der Waals surface area (Å²) >= 11 is 5.89. The summed E-state index contributed by atoms with van der Waals surface area (Å²) in [5, 5.41) is 0.723. The summed E-state index contributed by atoms with van der Waals surface area (Å²) in [6.07, 6.45) is 1.89. The fourth-order valence-corrected chi connectivity index (χ4v) is 1.69. The van der Waals surface area contributed by atoms with Crippen LogP contribution >= 0.6 is 11.6 Å². The predicted molar refractivity (Wildman–Crippen MR) is 59.1 cm³/mol. The molecule has 2 aromatic rings. The van der Waals surface area contributed by atoms with Gasteiger partial charge < -0.3 is 10.7 Å². The molecular weight excluding hydrogens is 196 g/mol. The summed E-state index contributed by atoms with van der Waals surface area (Å²) in [5.74, 6) is 0. The fourth-order valence-electron chi connectivity index (χ4n) is 1.49. The number of aromatic nitrogens is 1. The normalized spacial score (nSPS) is 10.4. The number of nitrogens with two attached hydrogens (primary N) is 1. The molecule has 0 bridgehead atoms. The molecule has 0 radical (unpaired) electrons. The molecule has 2 nitrogen and oxygen atoms in total. The Bertz CT molecular complexity index is 421. The van der Waals surface area contributed by atoms with E-state index in [4.69, 9.17) is 17.3 Å². The van der Waals surface area contributed by atoms with Crippen molar-refractivity contribution in [2.45, 2.75) is 6.54 Å². The molecule has 3 heteroatoms. The molecule has 0 saturated heterocycles. The standard InChI is InChI=1S/C11H11ClN2/c12-9-3-4-10(8(6-9)7-13)11-2-1-5-14-11/h1-6,14H,7,13H2. The van der Waals surface area contributed by atoms with Crippen molar-refractivity contribution < 1.29 is 0 Å². The Morgan fingerprint density at radius 2 is 2.14 bits per heavy atom. The predicted octanol–water partition coefficient (Wildman–Crippen LogP) is 2.79. The minimum Gasteiger partial charge on any atom is -0.361 e. The highest BCUT2D eigenvalue weighted by atomic mass is 35.5. The Balaban J connectivity index is 2.53. The molecule has 0 spiro atoms. The first kappa shape index (κ1) is 9.31. The molecule has 1 heterocycles. The maximum Gasteiger partial charge on any atom is 0.0457 e. The van der Waals surface area contributed by atoms with Crippen LogP contribution in [0.2, 0.25) is 5.02 Å². The van der Waals surface area contributed by atoms with E-state index < -0.39 is 0 Å². The lowest BCUT2D eigenvalue weighted by molar-refractivity contribution is 1.07. The number of hydrogen-bond donors (Lipinski definition) is 2. The van der Waals surface area contributed by atoms with E-state index in [1.165, 1.54) is 0 Å². The number of nitrogens with one attached hydrogen (secondary N) is 1. The molecule has 72 valence electrons. The highest BCUT2D eigenvalue weighted by Gasteiger charge is 2.04. The SMILES string of the molecule is NCc1cc(Cl)ccc1-c1ccc[nH]1. The number of benzene rings is 1. The van der Waals surface area contributed by atoms with Gasteiger partial charge >= 0.3 is 0 Å². The third-order valence-corrected chi connectivity index (χ3v) is 2.41. The van der Waals surface area contributed by atoms with E-state index in [2.05, 4.69) is 4.98 Å². The molecule has 14 heavy (non-hydrogen) atoms. The molecule has 0 aliphatic heterocycles. The average Bonchev–Trinajstić information content (AvgIpc) is 2.70. The number of halogens is 1. The van der Waals surface area contributed by atoms with Crippen LogP contribution in [0.4, 0.5) is 0 Å². The van der Waals surface area contributed by atoms with Gasteiger partial charge in [-0.25, -0.2) is 0 Å². The fraction of sp³-hybridized carbons (Fsp3) is 0.0909. The molecule has 0 aliphatic rings. The second-order valence-corrected chi connectivity index (χ2v) is 3.53. The van der Waals surface area contributed by atoms with E-state index in [9.17, 15) is 0 Å². The lowest BCUT2D eigenvalue weighted by Gasteiger charge is -2.06. The monoisotopic (exact) mass is 206 g/mol. The van der Waals surface area contributed by atoms with Crippen LogP contribution in [0.25, 0.3) is 11.3 Å². The van der Waals surface area contributed by atoms with Crippen LogP contribution in [-0.2, 0) is 6.54 Å². The molecule has 3 N–H and O–H groups in total. The van der Waals surface area contributed by atoms with Gasteiger partial charge in [-0.1, -0.05) is 17.7 Å². The number of rotatable bonds is 2. The van der Waals surface area contributed by atoms with Crippen LogP contribution in [0.3, 0.4) is 0 Å². The molecule has 1 aromatic carbocycles. The van der Waals surface area contributed by atoms with Crippen molar-refractivity contribution in [3.63, 3.8) is 0 Å². The van der Waals surface area contributed by atoms with Crippen molar-refractivity contribution >= 4 is 11.6 Å². The smallest absolute Gasteiger partial charge is 0.0457 e. The van der Waals surface area contributed by atoms with E-state index in [0.717, 1.165) is 21.8 Å². The summed E-state index contributed by atoms with van der Waals surface area (Å²) in [7, 11) is 0. The molecule has 0 unspecified atom stereocenters. The Morgan fingerprint density at radius 1 is 1.29 bits per heavy atom. The first-order valence-corrected chi connectivity index (χ1v) is 4.81. The van der Waals surface area contributed by atoms with Gasteiger partial charge in [-0.2, -0.15) is 0 Å². The van der Waals surface area contributed by atoms with Crippen molar-refractivity contribution in [3.05, 3.63) is 47.1 Å². The van der Waals surface area contributed by atoms with Crippen LogP contribution in [-0.4, -0.2) is 4.98 Å². The zero-order valence-electron chi connectivity index (χ0n) is 7.63. The summed E-state index contributed by atoms with van der Waals surface area (Å²) < 4.78 is 0. The molecule has 0 atom stereocenters. The first-order chi connectivity index (χ1) is 6.81. The Morgan fingerprint density at radius 3 is 2.79 bits per heavy atom. The lowest BCUT2D eigenvalue weighted by atomic mass is 10.1. The van der Waals surface area contributed by atoms with Crippen molar-refractivity contribution in [3.8, 4) is 11.3 Å². The molecule has 1 aromatic heterocycles. The Kier molecular flexibility index (Phi) is 2.57. The van der Waals surface area contributed by atoms with E-state index in [1.807, 2.05) is 36.5 Å². The summed E-state index contributed by atoms with van der Waals surface area (Å²) in [5.41, 5.74) is 8.89. The molecule has 2 rings (SSSR count). The second kappa shape index (κ2) is 3.86. The van der Waals surface area contributed by atoms with E-state index in [1.54, 1.807) is 0 Å². The Labute approximate surface area is 87.7 Å². The van der Waals surface area contributed by atoms with E-state index >= 15 is 0 Å². The lowest BCUT2D eigenvalue weighted by Crippen LogP contribution is -1.98. The van der Waals surface area contributed by atoms with Crippen LogP contribution < -0.4 is 5.73 Å². The van der Waals surface area contributed by atoms with E-state index in [0.29, 0.717) is 6.54 Å². The van der Waals surface area contributed by atoms with Gasteiger partial charge in [0.1, 0.15) is 0 Å². The van der Waals surface area contributed by atoms with Gasteiger partial charge in [-0.05, 0) is 29.8 Å². The highest BCUT2D eigenvalue weighted by molar-refractivity contribution is 6.30. The number of H-pyrrole nitrogens is 1. The first-order valence-electron chi connectivity index (χ1n) is 4.43. The zero-order valence-corrected chi connectivity index (χ0v) is 8.38. The maximum atomic E-state index is 5.89. The topological polar surface area (TPSA) is 41.8 Å². The van der Waals surface area contributed by atoms with Crippen molar-refractivity contribution in [2.24, 2.45) is 5.73 Å². The highest BCUT2D eigenvalue weighted by Crippen LogP contribution is 2.24. The van der Waals surface area contributed by atoms with Crippen LogP contribution in [0.1, 0.15) is 5.56 Å². The average molecular weight is 207 g/mol. The van der Waals surface area contributed by atoms with Crippen LogP contribution in [0.5, 0.6) is 0 Å². The van der Waals surface area contributed by atoms with Gasteiger partial charge in [-0.15, -0.1) is 0 Å². The van der Waals surface area contributed by atoms with Gasteiger partial charge in [0.05, 0.1) is 0 Å². The van der Waals surface area contributed by atoms with Crippen molar-refractivity contribution in [1.29, 1.82) is 0 Å². The zero-order chi connectivity index (χ0) is 9.97. The summed E-state index contributed by atoms with van der Waals surface area (Å²) in [6, 6.07) is 9.73. The summed E-state index contributed by atoms with van der Waals surface area (Å²) in [6.45, 7) is 0.495. The van der Waals surface area contributed by atoms with Crippen molar-refractivity contribution in [2.75, 3.05) is 0 Å². The quantitative estimate of drug-likeness (QED) is 0.780. The molecular formula is C11H11ClN2. The van der Waals surface area contributed by atoms with Gasteiger partial charge in [0.15, 0.2) is 0 Å². The molecule has 0 saturated carbocycles. The van der Waals surface area contributed by atoms with Crippen LogP contribution in [0, 0.1) is 0 Å². The minimum atomic E-state index is 0.495. The van der Waals surface area contributed by atoms with Gasteiger partial charge in [0.25, 0.3) is 0 Å². The largest absolute Gasteiger partial charge is 0.361 e. The van der Waals surface area contributed by atoms with Gasteiger partial charge in [0.2, 0.25) is 0 Å². The third-order valence-electron chi connectivity index (χ3n) is 2.18. The van der Waals surface area contributed by atoms with Gasteiger partial charge in [0, 0.05) is 29.0 Å². The number of hydrogen-bond acceptors (Lipinski definition) is 1. The number of aromatic amines is 1. The van der Waals surface area contributed by atoms with Gasteiger partial charge in [-0.3, -0.25) is 0 Å².